The van der Waals surface area contributed by atoms with Gasteiger partial charge in [0.05, 0.1) is 16.6 Å². The van der Waals surface area contributed by atoms with Gasteiger partial charge >= 0.3 is 5.97 Å². The van der Waals surface area contributed by atoms with Crippen molar-refractivity contribution >= 4 is 35.1 Å². The molecule has 5 nitrogen and oxygen atoms in total. The second kappa shape index (κ2) is 7.81. The fourth-order valence-corrected chi connectivity index (χ4v) is 3.03. The maximum atomic E-state index is 11.9. The Balaban J connectivity index is 1.78. The molecule has 0 radical (unpaired) electrons. The Bertz CT molecular complexity index is 566. The van der Waals surface area contributed by atoms with Gasteiger partial charge in [-0.2, -0.15) is 0 Å². The smallest absolute Gasteiger partial charge is 0.320 e. The van der Waals surface area contributed by atoms with E-state index >= 15 is 0 Å². The first-order valence-electron chi connectivity index (χ1n) is 7.15. The highest BCUT2D eigenvalue weighted by atomic mass is 35.5. The monoisotopic (exact) mass is 344 g/mol. The third-order valence-corrected chi connectivity index (χ3v) is 4.60. The Morgan fingerprint density at radius 3 is 2.86 bits per heavy atom. The van der Waals surface area contributed by atoms with E-state index in [2.05, 4.69) is 5.32 Å². The Morgan fingerprint density at radius 2 is 2.14 bits per heavy atom. The second-order valence-corrected chi connectivity index (χ2v) is 6.06. The lowest BCUT2D eigenvalue weighted by molar-refractivity contribution is -0.142. The van der Waals surface area contributed by atoms with E-state index in [0.717, 1.165) is 12.0 Å². The third-order valence-electron chi connectivity index (χ3n) is 3.74. The minimum Gasteiger partial charge on any atom is -0.480 e. The van der Waals surface area contributed by atoms with Gasteiger partial charge in [-0.05, 0) is 37.4 Å². The molecule has 0 unspecified atom stereocenters. The van der Waals surface area contributed by atoms with Gasteiger partial charge in [0.15, 0.2) is 0 Å². The van der Waals surface area contributed by atoms with Crippen LogP contribution in [0.2, 0.25) is 10.0 Å². The maximum absolute atomic E-state index is 11.9. The summed E-state index contributed by atoms with van der Waals surface area (Å²) >= 11 is 12.0. The van der Waals surface area contributed by atoms with Gasteiger partial charge in [-0.3, -0.25) is 14.5 Å². The van der Waals surface area contributed by atoms with Crippen LogP contribution in [-0.2, 0) is 16.0 Å². The van der Waals surface area contributed by atoms with Crippen LogP contribution in [0.15, 0.2) is 18.2 Å². The lowest BCUT2D eigenvalue weighted by atomic mass is 10.1. The van der Waals surface area contributed by atoms with E-state index in [1.165, 1.54) is 0 Å². The first kappa shape index (κ1) is 17.1. The zero-order valence-corrected chi connectivity index (χ0v) is 13.5. The van der Waals surface area contributed by atoms with Gasteiger partial charge in [0, 0.05) is 6.54 Å². The van der Waals surface area contributed by atoms with E-state index in [0.29, 0.717) is 36.0 Å². The largest absolute Gasteiger partial charge is 0.480 e. The molecule has 7 heteroatoms. The van der Waals surface area contributed by atoms with Crippen LogP contribution >= 0.6 is 23.2 Å². The van der Waals surface area contributed by atoms with Crippen molar-refractivity contribution in [3.8, 4) is 0 Å². The predicted octanol–water partition coefficient (Wildman–Crippen LogP) is 2.20. The molecule has 0 bridgehead atoms. The quantitative estimate of drug-likeness (QED) is 0.829. The van der Waals surface area contributed by atoms with Crippen molar-refractivity contribution in [3.05, 3.63) is 33.8 Å². The van der Waals surface area contributed by atoms with Crippen molar-refractivity contribution in [1.82, 2.24) is 10.2 Å². The fourth-order valence-electron chi connectivity index (χ4n) is 2.61. The molecule has 0 aromatic heterocycles. The lowest BCUT2D eigenvalue weighted by Crippen LogP contribution is -2.43. The molecule has 120 valence electrons. The number of hydrogen-bond donors (Lipinski definition) is 2. The Hall–Kier alpha value is -1.30. The predicted molar refractivity (Wildman–Crippen MR) is 85.4 cm³/mol. The van der Waals surface area contributed by atoms with Crippen molar-refractivity contribution < 1.29 is 14.7 Å². The lowest BCUT2D eigenvalue weighted by Gasteiger charge is -2.20. The highest BCUT2D eigenvalue weighted by molar-refractivity contribution is 6.42. The second-order valence-electron chi connectivity index (χ2n) is 5.28. The summed E-state index contributed by atoms with van der Waals surface area (Å²) in [6.45, 7) is 1.19. The fraction of sp³-hybridized carbons (Fsp3) is 0.467. The molecule has 0 saturated carbocycles. The van der Waals surface area contributed by atoms with E-state index in [4.69, 9.17) is 28.3 Å². The van der Waals surface area contributed by atoms with E-state index in [1.54, 1.807) is 11.0 Å². The van der Waals surface area contributed by atoms with E-state index in [-0.39, 0.29) is 12.5 Å². The molecule has 22 heavy (non-hydrogen) atoms. The number of halogens is 2. The van der Waals surface area contributed by atoms with Crippen molar-refractivity contribution in [3.63, 3.8) is 0 Å². The summed E-state index contributed by atoms with van der Waals surface area (Å²) < 4.78 is 0. The maximum Gasteiger partial charge on any atom is 0.320 e. The molecular weight excluding hydrogens is 327 g/mol. The van der Waals surface area contributed by atoms with Crippen LogP contribution in [0.1, 0.15) is 18.4 Å². The molecule has 1 atom stereocenters. The van der Waals surface area contributed by atoms with Gasteiger partial charge in [0.25, 0.3) is 0 Å². The molecule has 1 aromatic rings. The number of benzene rings is 1. The number of carbonyl (C=O) groups is 2. The minimum absolute atomic E-state index is 0.111. The highest BCUT2D eigenvalue weighted by Gasteiger charge is 2.31. The topological polar surface area (TPSA) is 69.6 Å². The molecule has 2 rings (SSSR count). The van der Waals surface area contributed by atoms with E-state index in [9.17, 15) is 9.59 Å². The third kappa shape index (κ3) is 4.35. The molecule has 2 N–H and O–H groups in total. The van der Waals surface area contributed by atoms with Crippen LogP contribution in [0.25, 0.3) is 0 Å². The van der Waals surface area contributed by atoms with Gasteiger partial charge in [-0.15, -0.1) is 0 Å². The number of carbonyl (C=O) groups excluding carboxylic acids is 1. The number of rotatable bonds is 6. The summed E-state index contributed by atoms with van der Waals surface area (Å²) in [5, 5.41) is 12.9. The van der Waals surface area contributed by atoms with Crippen molar-refractivity contribution in [1.29, 1.82) is 0 Å². The number of nitrogens with zero attached hydrogens (tertiary/aromatic N) is 1. The zero-order chi connectivity index (χ0) is 16.1. The van der Waals surface area contributed by atoms with Crippen LogP contribution in [0, 0.1) is 0 Å². The average Bonchev–Trinajstić information content (AvgIpc) is 2.91. The Morgan fingerprint density at radius 1 is 1.36 bits per heavy atom. The Labute approximate surface area is 139 Å². The summed E-state index contributed by atoms with van der Waals surface area (Å²) in [6.07, 6.45) is 1.98. The molecule has 1 aromatic carbocycles. The average molecular weight is 345 g/mol. The number of carboxylic acids is 1. The van der Waals surface area contributed by atoms with E-state index < -0.39 is 12.0 Å². The standard InChI is InChI=1S/C15H18Cl2N2O3/c16-11-4-1-3-10(14(11)17)6-7-18-13(20)9-19-8-2-5-12(19)15(21)22/h1,3-4,12H,2,5-9H2,(H,18,20)(H,21,22)/t12-/m1/s1. The van der Waals surface area contributed by atoms with Gasteiger partial charge in [-0.25, -0.2) is 0 Å². The van der Waals surface area contributed by atoms with E-state index in [1.807, 2.05) is 12.1 Å². The molecule has 0 aliphatic carbocycles. The molecule has 1 amide bonds. The number of carboxylic acid groups (broad SMARTS) is 1. The molecular formula is C15H18Cl2N2O3. The van der Waals surface area contributed by atoms with Crippen LogP contribution in [-0.4, -0.2) is 47.6 Å². The summed E-state index contributed by atoms with van der Waals surface area (Å²) in [5.41, 5.74) is 0.874. The number of hydrogen-bond acceptors (Lipinski definition) is 3. The first-order chi connectivity index (χ1) is 10.5. The summed E-state index contributed by atoms with van der Waals surface area (Å²) in [6, 6.07) is 4.84. The first-order valence-corrected chi connectivity index (χ1v) is 7.91. The SMILES string of the molecule is O=C(CN1CCC[C@@H]1C(=O)O)NCCc1cccc(Cl)c1Cl. The molecule has 1 aliphatic heterocycles. The van der Waals surface area contributed by atoms with Gasteiger partial charge in [-0.1, -0.05) is 35.3 Å². The Kier molecular flexibility index (Phi) is 6.06. The number of likely N-dealkylation sites (tertiary alicyclic amines) is 1. The molecule has 1 fully saturated rings. The van der Waals surface area contributed by atoms with Crippen LogP contribution in [0.3, 0.4) is 0 Å². The number of nitrogens with one attached hydrogen (secondary N) is 1. The van der Waals surface area contributed by atoms with Gasteiger partial charge < -0.3 is 10.4 Å². The normalized spacial score (nSPS) is 18.4. The number of amides is 1. The summed E-state index contributed by atoms with van der Waals surface area (Å²) in [7, 11) is 0. The van der Waals surface area contributed by atoms with Gasteiger partial charge in [0.1, 0.15) is 6.04 Å². The van der Waals surface area contributed by atoms with Crippen LogP contribution < -0.4 is 5.32 Å². The van der Waals surface area contributed by atoms with Crippen molar-refractivity contribution in [2.45, 2.75) is 25.3 Å². The highest BCUT2D eigenvalue weighted by Crippen LogP contribution is 2.25. The molecule has 0 spiro atoms. The molecule has 1 saturated heterocycles. The number of aliphatic carboxylic acids is 1. The van der Waals surface area contributed by atoms with Crippen LogP contribution in [0.4, 0.5) is 0 Å². The van der Waals surface area contributed by atoms with Gasteiger partial charge in [0.2, 0.25) is 5.91 Å². The van der Waals surface area contributed by atoms with Crippen LogP contribution in [0.5, 0.6) is 0 Å². The molecule has 1 aliphatic rings. The zero-order valence-electron chi connectivity index (χ0n) is 12.0. The summed E-state index contributed by atoms with van der Waals surface area (Å²) in [5.74, 6) is -1.04. The summed E-state index contributed by atoms with van der Waals surface area (Å²) in [4.78, 5) is 24.7. The van der Waals surface area contributed by atoms with Crippen molar-refractivity contribution in [2.24, 2.45) is 0 Å². The molecule has 1 heterocycles. The van der Waals surface area contributed by atoms with Crippen molar-refractivity contribution in [2.75, 3.05) is 19.6 Å². The minimum atomic E-state index is -0.865.